The molecule has 23 heavy (non-hydrogen) atoms. The van der Waals surface area contributed by atoms with Gasteiger partial charge < -0.3 is 14.8 Å². The maximum Gasteiger partial charge on any atom is 0.262 e. The van der Waals surface area contributed by atoms with Crippen LogP contribution in [0, 0.1) is 13.8 Å². The molecule has 0 atom stereocenters. The lowest BCUT2D eigenvalue weighted by Crippen LogP contribution is -2.21. The summed E-state index contributed by atoms with van der Waals surface area (Å²) in [5.41, 5.74) is 2.83. The van der Waals surface area contributed by atoms with Gasteiger partial charge in [-0.1, -0.05) is 18.2 Å². The van der Waals surface area contributed by atoms with Crippen molar-refractivity contribution in [1.82, 2.24) is 0 Å². The standard InChI is InChI=1S/C18H19NO4/c1-12-5-4-6-13(2)18(12)23-11-17(21)19-15-9-14(10-20)7-8-16(15)22-3/h4-10H,11H2,1-3H3,(H,19,21). The molecule has 0 aliphatic carbocycles. The summed E-state index contributed by atoms with van der Waals surface area (Å²) in [6.07, 6.45) is 0.711. The largest absolute Gasteiger partial charge is 0.495 e. The number of ether oxygens (including phenoxy) is 2. The number of benzene rings is 2. The van der Waals surface area contributed by atoms with Gasteiger partial charge in [-0.3, -0.25) is 9.59 Å². The van der Waals surface area contributed by atoms with Crippen LogP contribution in [0.25, 0.3) is 0 Å². The molecule has 2 aromatic rings. The second-order valence-electron chi connectivity index (χ2n) is 5.14. The third-order valence-electron chi connectivity index (χ3n) is 3.39. The van der Waals surface area contributed by atoms with Gasteiger partial charge in [-0.15, -0.1) is 0 Å². The Morgan fingerprint density at radius 3 is 2.48 bits per heavy atom. The van der Waals surface area contributed by atoms with Crippen LogP contribution in [0.3, 0.4) is 0 Å². The predicted octanol–water partition coefficient (Wildman–Crippen LogP) is 3.14. The monoisotopic (exact) mass is 313 g/mol. The van der Waals surface area contributed by atoms with Gasteiger partial charge in [0.2, 0.25) is 0 Å². The second kappa shape index (κ2) is 7.45. The molecule has 2 aromatic carbocycles. The predicted molar refractivity (Wildman–Crippen MR) is 88.4 cm³/mol. The minimum atomic E-state index is -0.325. The molecular formula is C18H19NO4. The maximum absolute atomic E-state index is 12.1. The lowest BCUT2D eigenvalue weighted by Gasteiger charge is -2.13. The minimum absolute atomic E-state index is 0.125. The van der Waals surface area contributed by atoms with E-state index in [1.807, 2.05) is 32.0 Å². The molecule has 1 amide bonds. The Morgan fingerprint density at radius 2 is 1.87 bits per heavy atom. The topological polar surface area (TPSA) is 64.6 Å². The third-order valence-corrected chi connectivity index (χ3v) is 3.39. The van der Waals surface area contributed by atoms with E-state index < -0.39 is 0 Å². The van der Waals surface area contributed by atoms with Gasteiger partial charge in [0, 0.05) is 5.56 Å². The fourth-order valence-corrected chi connectivity index (χ4v) is 2.25. The van der Waals surface area contributed by atoms with Gasteiger partial charge in [-0.2, -0.15) is 0 Å². The number of amides is 1. The van der Waals surface area contributed by atoms with Gasteiger partial charge in [0.1, 0.15) is 17.8 Å². The molecule has 0 aliphatic rings. The molecule has 120 valence electrons. The van der Waals surface area contributed by atoms with Crippen LogP contribution in [0.5, 0.6) is 11.5 Å². The summed E-state index contributed by atoms with van der Waals surface area (Å²) in [6, 6.07) is 10.6. The molecule has 0 radical (unpaired) electrons. The number of carbonyl (C=O) groups is 2. The third kappa shape index (κ3) is 4.10. The second-order valence-corrected chi connectivity index (χ2v) is 5.14. The highest BCUT2D eigenvalue weighted by Gasteiger charge is 2.11. The van der Waals surface area contributed by atoms with E-state index in [4.69, 9.17) is 9.47 Å². The molecule has 0 fully saturated rings. The zero-order chi connectivity index (χ0) is 16.8. The Balaban J connectivity index is 2.07. The molecule has 5 heteroatoms. The number of anilines is 1. The van der Waals surface area contributed by atoms with E-state index in [2.05, 4.69) is 5.32 Å². The first-order chi connectivity index (χ1) is 11.0. The number of carbonyl (C=O) groups excluding carboxylic acids is 2. The van der Waals surface area contributed by atoms with Crippen LogP contribution in [0.2, 0.25) is 0 Å². The fraction of sp³-hybridized carbons (Fsp3) is 0.222. The molecule has 2 rings (SSSR count). The molecule has 0 aromatic heterocycles. The first-order valence-corrected chi connectivity index (χ1v) is 7.17. The number of aryl methyl sites for hydroxylation is 2. The smallest absolute Gasteiger partial charge is 0.262 e. The van der Waals surface area contributed by atoms with Crippen LogP contribution >= 0.6 is 0 Å². The SMILES string of the molecule is COc1ccc(C=O)cc1NC(=O)COc1c(C)cccc1C. The minimum Gasteiger partial charge on any atom is -0.495 e. The highest BCUT2D eigenvalue weighted by molar-refractivity contribution is 5.94. The van der Waals surface area contributed by atoms with E-state index in [1.54, 1.807) is 18.2 Å². The van der Waals surface area contributed by atoms with Crippen molar-refractivity contribution in [2.75, 3.05) is 19.0 Å². The molecule has 1 N–H and O–H groups in total. The zero-order valence-corrected chi connectivity index (χ0v) is 13.4. The number of hydrogen-bond acceptors (Lipinski definition) is 4. The zero-order valence-electron chi connectivity index (χ0n) is 13.4. The summed E-state index contributed by atoms with van der Waals surface area (Å²) in [5.74, 6) is 0.862. The first kappa shape index (κ1) is 16.5. The van der Waals surface area contributed by atoms with Gasteiger partial charge in [-0.05, 0) is 43.2 Å². The van der Waals surface area contributed by atoms with Crippen LogP contribution < -0.4 is 14.8 Å². The van der Waals surface area contributed by atoms with Crippen molar-refractivity contribution in [2.45, 2.75) is 13.8 Å². The van der Waals surface area contributed by atoms with Gasteiger partial charge in [0.25, 0.3) is 5.91 Å². The van der Waals surface area contributed by atoms with Crippen LogP contribution in [-0.4, -0.2) is 25.9 Å². The Hall–Kier alpha value is -2.82. The van der Waals surface area contributed by atoms with Crippen LogP contribution in [-0.2, 0) is 4.79 Å². The van der Waals surface area contributed by atoms with Crippen molar-refractivity contribution >= 4 is 17.9 Å². The average Bonchev–Trinajstić information content (AvgIpc) is 2.54. The van der Waals surface area contributed by atoms with E-state index in [-0.39, 0.29) is 12.5 Å². The quantitative estimate of drug-likeness (QED) is 0.832. The molecule has 0 aliphatic heterocycles. The van der Waals surface area contributed by atoms with Crippen molar-refractivity contribution in [3.8, 4) is 11.5 Å². The Kier molecular flexibility index (Phi) is 5.36. The molecule has 0 unspecified atom stereocenters. The lowest BCUT2D eigenvalue weighted by atomic mass is 10.1. The fourth-order valence-electron chi connectivity index (χ4n) is 2.25. The van der Waals surface area contributed by atoms with Crippen LogP contribution in [0.1, 0.15) is 21.5 Å². The molecular weight excluding hydrogens is 294 g/mol. The maximum atomic E-state index is 12.1. The normalized spacial score (nSPS) is 10.0. The van der Waals surface area contributed by atoms with Gasteiger partial charge in [0.15, 0.2) is 6.61 Å². The number of rotatable bonds is 6. The Labute approximate surface area is 135 Å². The summed E-state index contributed by atoms with van der Waals surface area (Å²) in [6.45, 7) is 3.73. The molecule has 0 saturated heterocycles. The Morgan fingerprint density at radius 1 is 1.17 bits per heavy atom. The number of hydrogen-bond donors (Lipinski definition) is 1. The summed E-state index contributed by atoms with van der Waals surface area (Å²) in [7, 11) is 1.50. The average molecular weight is 313 g/mol. The van der Waals surface area contributed by atoms with Gasteiger partial charge >= 0.3 is 0 Å². The van der Waals surface area contributed by atoms with E-state index in [0.29, 0.717) is 29.0 Å². The highest BCUT2D eigenvalue weighted by atomic mass is 16.5. The van der Waals surface area contributed by atoms with Crippen molar-refractivity contribution < 1.29 is 19.1 Å². The molecule has 0 spiro atoms. The van der Waals surface area contributed by atoms with E-state index in [9.17, 15) is 9.59 Å². The van der Waals surface area contributed by atoms with Crippen LogP contribution in [0.15, 0.2) is 36.4 Å². The van der Waals surface area contributed by atoms with Crippen LogP contribution in [0.4, 0.5) is 5.69 Å². The molecule has 5 nitrogen and oxygen atoms in total. The highest BCUT2D eigenvalue weighted by Crippen LogP contribution is 2.25. The summed E-state index contributed by atoms with van der Waals surface area (Å²) in [4.78, 5) is 22.9. The number of aldehydes is 1. The van der Waals surface area contributed by atoms with Crippen molar-refractivity contribution in [3.63, 3.8) is 0 Å². The number of methoxy groups -OCH3 is 1. The summed E-state index contributed by atoms with van der Waals surface area (Å²) < 4.78 is 10.8. The Bertz CT molecular complexity index is 705. The van der Waals surface area contributed by atoms with Crippen molar-refractivity contribution in [3.05, 3.63) is 53.1 Å². The van der Waals surface area contributed by atoms with E-state index >= 15 is 0 Å². The number of nitrogens with one attached hydrogen (secondary N) is 1. The summed E-state index contributed by atoms with van der Waals surface area (Å²) in [5, 5.41) is 2.70. The number of para-hydroxylation sites is 1. The molecule has 0 heterocycles. The van der Waals surface area contributed by atoms with E-state index in [0.717, 1.165) is 11.1 Å². The van der Waals surface area contributed by atoms with Crippen molar-refractivity contribution in [1.29, 1.82) is 0 Å². The summed E-state index contributed by atoms with van der Waals surface area (Å²) >= 11 is 0. The van der Waals surface area contributed by atoms with E-state index in [1.165, 1.54) is 7.11 Å². The first-order valence-electron chi connectivity index (χ1n) is 7.17. The molecule has 0 bridgehead atoms. The lowest BCUT2D eigenvalue weighted by molar-refractivity contribution is -0.118. The van der Waals surface area contributed by atoms with Gasteiger partial charge in [0.05, 0.1) is 12.8 Å². The van der Waals surface area contributed by atoms with Crippen molar-refractivity contribution in [2.24, 2.45) is 0 Å². The molecule has 0 saturated carbocycles. The van der Waals surface area contributed by atoms with Gasteiger partial charge in [-0.25, -0.2) is 0 Å².